The van der Waals surface area contributed by atoms with Crippen LogP contribution in [0, 0.1) is 13.8 Å². The van der Waals surface area contributed by atoms with Crippen molar-refractivity contribution in [1.29, 1.82) is 0 Å². The first-order valence-electron chi connectivity index (χ1n) is 11.1. The van der Waals surface area contributed by atoms with Gasteiger partial charge in [-0.25, -0.2) is 0 Å². The van der Waals surface area contributed by atoms with Gasteiger partial charge >= 0.3 is 0 Å². The van der Waals surface area contributed by atoms with E-state index in [9.17, 15) is 9.59 Å². The molecular formula is C30H27O2S2+. The Hall–Kier alpha value is -3.08. The summed E-state index contributed by atoms with van der Waals surface area (Å²) in [4.78, 5) is 30.2. The minimum atomic E-state index is -0.453. The highest BCUT2D eigenvalue weighted by Gasteiger charge is 2.30. The number of benzene rings is 4. The highest BCUT2D eigenvalue weighted by Crippen LogP contribution is 2.35. The lowest BCUT2D eigenvalue weighted by Crippen LogP contribution is -2.09. The molecule has 0 heterocycles. The van der Waals surface area contributed by atoms with Crippen molar-refractivity contribution in [2.24, 2.45) is 0 Å². The van der Waals surface area contributed by atoms with E-state index in [4.69, 9.17) is 0 Å². The van der Waals surface area contributed by atoms with Gasteiger partial charge < -0.3 is 0 Å². The Kier molecular flexibility index (Phi) is 7.40. The minimum Gasteiger partial charge on any atom is -0.294 e. The molecule has 4 aromatic rings. The lowest BCUT2D eigenvalue weighted by atomic mass is 10.1. The van der Waals surface area contributed by atoms with E-state index in [1.165, 1.54) is 9.79 Å². The third-order valence-corrected chi connectivity index (χ3v) is 8.90. The monoisotopic (exact) mass is 483 g/mol. The van der Waals surface area contributed by atoms with Gasteiger partial charge in [0.1, 0.15) is 0 Å². The normalized spacial score (nSPS) is 11.0. The van der Waals surface area contributed by atoms with Crippen LogP contribution in [-0.4, -0.2) is 11.6 Å². The van der Waals surface area contributed by atoms with Gasteiger partial charge in [-0.1, -0.05) is 42.1 Å². The number of hydrogen-bond acceptors (Lipinski definition) is 3. The first-order chi connectivity index (χ1) is 16.3. The number of rotatable bonds is 7. The molecule has 0 radical (unpaired) electrons. The molecule has 34 heavy (non-hydrogen) atoms. The van der Waals surface area contributed by atoms with Crippen LogP contribution in [0.3, 0.4) is 0 Å². The van der Waals surface area contributed by atoms with Crippen molar-refractivity contribution in [1.82, 2.24) is 0 Å². The van der Waals surface area contributed by atoms with Gasteiger partial charge in [-0.15, -0.1) is 0 Å². The maximum Gasteiger partial charge on any atom is 0.167 e. The molecule has 0 fully saturated rings. The molecule has 0 bridgehead atoms. The lowest BCUT2D eigenvalue weighted by molar-refractivity contribution is 0.100. The average molecular weight is 484 g/mol. The summed E-state index contributed by atoms with van der Waals surface area (Å²) >= 11 is 1.73. The van der Waals surface area contributed by atoms with E-state index in [1.54, 1.807) is 25.6 Å². The molecule has 0 saturated heterocycles. The van der Waals surface area contributed by atoms with Crippen LogP contribution < -0.4 is 0 Å². The fourth-order valence-corrected chi connectivity index (χ4v) is 6.83. The molecule has 4 heteroatoms. The van der Waals surface area contributed by atoms with E-state index in [1.807, 2.05) is 56.3 Å². The fraction of sp³-hybridized carbons (Fsp3) is 0.133. The molecule has 0 atom stereocenters. The summed E-state index contributed by atoms with van der Waals surface area (Å²) in [5, 5.41) is 0. The predicted octanol–water partition coefficient (Wildman–Crippen LogP) is 7.96. The molecule has 2 nitrogen and oxygen atoms in total. The number of aryl methyl sites for hydroxylation is 2. The summed E-state index contributed by atoms with van der Waals surface area (Å²) in [5.74, 6) is 0.122. The number of Topliss-reactive ketones (excluding diaryl/α,β-unsaturated/α-hetero) is 2. The second-order valence-corrected chi connectivity index (χ2v) is 11.4. The highest BCUT2D eigenvalue weighted by atomic mass is 32.2. The van der Waals surface area contributed by atoms with Gasteiger partial charge in [0.25, 0.3) is 0 Å². The van der Waals surface area contributed by atoms with Gasteiger partial charge in [-0.3, -0.25) is 9.59 Å². The Labute approximate surface area is 208 Å². The Morgan fingerprint density at radius 2 is 1.03 bits per heavy atom. The van der Waals surface area contributed by atoms with E-state index in [0.29, 0.717) is 0 Å². The number of ketones is 2. The number of carbonyl (C=O) groups excluding carboxylic acids is 2. The maximum atomic E-state index is 12.3. The summed E-state index contributed by atoms with van der Waals surface area (Å²) in [6.45, 7) is 7.15. The second kappa shape index (κ2) is 10.5. The third kappa shape index (κ3) is 5.35. The smallest absolute Gasteiger partial charge is 0.167 e. The zero-order chi connectivity index (χ0) is 24.2. The van der Waals surface area contributed by atoms with E-state index in [2.05, 4.69) is 48.5 Å². The van der Waals surface area contributed by atoms with Crippen molar-refractivity contribution >= 4 is 34.2 Å². The molecule has 0 spiro atoms. The molecule has 0 aliphatic heterocycles. The van der Waals surface area contributed by atoms with Crippen molar-refractivity contribution in [3.63, 3.8) is 0 Å². The van der Waals surface area contributed by atoms with Crippen LogP contribution in [0.25, 0.3) is 0 Å². The predicted molar refractivity (Wildman–Crippen MR) is 142 cm³/mol. The van der Waals surface area contributed by atoms with E-state index in [0.717, 1.165) is 36.9 Å². The minimum absolute atomic E-state index is 0.0610. The van der Waals surface area contributed by atoms with Crippen LogP contribution in [0.15, 0.2) is 115 Å². The summed E-state index contributed by atoms with van der Waals surface area (Å²) in [5.41, 5.74) is 3.43. The topological polar surface area (TPSA) is 34.1 Å². The zero-order valence-corrected chi connectivity index (χ0v) is 21.4. The summed E-state index contributed by atoms with van der Waals surface area (Å²) < 4.78 is 0. The molecule has 0 amide bonds. The van der Waals surface area contributed by atoms with Crippen LogP contribution in [-0.2, 0) is 10.9 Å². The first kappa shape index (κ1) is 24.1. The first-order valence-corrected chi connectivity index (χ1v) is 13.2. The van der Waals surface area contributed by atoms with Crippen LogP contribution in [0.4, 0.5) is 0 Å². The highest BCUT2D eigenvalue weighted by molar-refractivity contribution is 7.99. The van der Waals surface area contributed by atoms with E-state index < -0.39 is 10.9 Å². The summed E-state index contributed by atoms with van der Waals surface area (Å²) in [6, 6.07) is 31.2. The van der Waals surface area contributed by atoms with Crippen LogP contribution in [0.5, 0.6) is 0 Å². The molecule has 4 rings (SSSR count). The summed E-state index contributed by atoms with van der Waals surface area (Å²) in [6.07, 6.45) is 0. The van der Waals surface area contributed by atoms with Gasteiger partial charge in [0.2, 0.25) is 0 Å². The molecular weight excluding hydrogens is 456 g/mol. The Morgan fingerprint density at radius 1 is 0.588 bits per heavy atom. The van der Waals surface area contributed by atoms with Crippen LogP contribution in [0.1, 0.15) is 45.7 Å². The van der Waals surface area contributed by atoms with E-state index >= 15 is 0 Å². The van der Waals surface area contributed by atoms with E-state index in [-0.39, 0.29) is 11.6 Å². The summed E-state index contributed by atoms with van der Waals surface area (Å²) in [7, 11) is -0.453. The van der Waals surface area contributed by atoms with Gasteiger partial charge in [0.05, 0.1) is 10.9 Å². The lowest BCUT2D eigenvalue weighted by Gasteiger charge is -2.12. The van der Waals surface area contributed by atoms with Gasteiger partial charge in [-0.05, 0) is 87.4 Å². The number of hydrogen-bond donors (Lipinski definition) is 0. The second-order valence-electron chi connectivity index (χ2n) is 8.26. The molecule has 0 aliphatic rings. The fourth-order valence-electron chi connectivity index (χ4n) is 3.89. The van der Waals surface area contributed by atoms with Gasteiger partial charge in [0, 0.05) is 33.1 Å². The van der Waals surface area contributed by atoms with Crippen molar-refractivity contribution in [2.75, 3.05) is 0 Å². The van der Waals surface area contributed by atoms with Crippen molar-refractivity contribution < 1.29 is 9.59 Å². The van der Waals surface area contributed by atoms with Crippen molar-refractivity contribution in [3.05, 3.63) is 113 Å². The molecule has 0 aromatic heterocycles. The average Bonchev–Trinajstić information content (AvgIpc) is 2.82. The van der Waals surface area contributed by atoms with Crippen LogP contribution >= 0.6 is 11.8 Å². The Bertz CT molecular complexity index is 1280. The molecule has 0 saturated carbocycles. The molecule has 0 aliphatic carbocycles. The van der Waals surface area contributed by atoms with Crippen molar-refractivity contribution in [3.8, 4) is 0 Å². The van der Waals surface area contributed by atoms with Gasteiger partial charge in [0.15, 0.2) is 26.3 Å². The maximum absolute atomic E-state index is 12.3. The van der Waals surface area contributed by atoms with Crippen molar-refractivity contribution in [2.45, 2.75) is 52.2 Å². The molecule has 170 valence electrons. The van der Waals surface area contributed by atoms with Crippen LogP contribution in [0.2, 0.25) is 0 Å². The quantitative estimate of drug-likeness (QED) is 0.197. The molecule has 0 unspecified atom stereocenters. The Morgan fingerprint density at radius 3 is 1.50 bits per heavy atom. The molecule has 0 N–H and O–H groups in total. The standard InChI is InChI=1S/C30H27O2S2/c1-20-10-14-27(18-29(20)22(3)31)34(28-15-11-21(2)30(19-28)23(4)32)26-16-12-25(13-17-26)33-24-8-6-5-7-9-24/h5-19H,1-4H3/q+1. The molecule has 4 aromatic carbocycles. The Balaban J connectivity index is 1.80. The SMILES string of the molecule is CC(=O)c1cc([S+](c2ccc(Sc3ccccc3)cc2)c2ccc(C)c(C(C)=O)c2)ccc1C. The zero-order valence-electron chi connectivity index (χ0n) is 19.8. The number of carbonyl (C=O) groups is 2. The largest absolute Gasteiger partial charge is 0.294 e. The third-order valence-electron chi connectivity index (χ3n) is 5.69. The van der Waals surface area contributed by atoms with Gasteiger partial charge in [-0.2, -0.15) is 0 Å².